The van der Waals surface area contributed by atoms with Gasteiger partial charge in [-0.2, -0.15) is 0 Å². The molecule has 1 aromatic carbocycles. The molecule has 90 valence electrons. The summed E-state index contributed by atoms with van der Waals surface area (Å²) in [5, 5.41) is 0. The molecule has 0 aliphatic carbocycles. The quantitative estimate of drug-likeness (QED) is 0.890. The lowest BCUT2D eigenvalue weighted by atomic mass is 10.1. The smallest absolute Gasteiger partial charge is 0.123 e. The molecular weight excluding hydrogens is 239 g/mol. The molecule has 2 N–H and O–H groups in total. The standard InChI is InChI=1S/C13H13FN2.ClH/c1-9(15)13-7-4-11(8-16-13)10-2-5-12(14)6-3-10;/h2-9H,15H2,1H3;1H/t9-;/m0./s1. The van der Waals surface area contributed by atoms with Crippen LogP contribution in [0.3, 0.4) is 0 Å². The van der Waals surface area contributed by atoms with Crippen LogP contribution in [-0.4, -0.2) is 4.98 Å². The van der Waals surface area contributed by atoms with Gasteiger partial charge in [0, 0.05) is 17.8 Å². The zero-order valence-electron chi connectivity index (χ0n) is 9.43. The maximum atomic E-state index is 12.7. The second-order valence-corrected chi connectivity index (χ2v) is 3.77. The summed E-state index contributed by atoms with van der Waals surface area (Å²) in [7, 11) is 0. The molecule has 0 unspecified atom stereocenters. The number of aromatic nitrogens is 1. The highest BCUT2D eigenvalue weighted by molar-refractivity contribution is 5.85. The molecule has 0 saturated heterocycles. The van der Waals surface area contributed by atoms with E-state index in [0.717, 1.165) is 16.8 Å². The van der Waals surface area contributed by atoms with Crippen molar-refractivity contribution in [3.8, 4) is 11.1 Å². The number of nitrogens with two attached hydrogens (primary N) is 1. The third-order valence-electron chi connectivity index (χ3n) is 2.43. The van der Waals surface area contributed by atoms with Gasteiger partial charge in [-0.3, -0.25) is 4.98 Å². The SMILES string of the molecule is C[C@H](N)c1ccc(-c2ccc(F)cc2)cn1.Cl. The van der Waals surface area contributed by atoms with Crippen molar-refractivity contribution in [2.75, 3.05) is 0 Å². The number of pyridine rings is 1. The number of nitrogens with zero attached hydrogens (tertiary/aromatic N) is 1. The van der Waals surface area contributed by atoms with E-state index in [1.165, 1.54) is 12.1 Å². The van der Waals surface area contributed by atoms with E-state index in [4.69, 9.17) is 5.73 Å². The fraction of sp³-hybridized carbons (Fsp3) is 0.154. The van der Waals surface area contributed by atoms with E-state index in [1.54, 1.807) is 18.3 Å². The predicted octanol–water partition coefficient (Wildman–Crippen LogP) is 3.33. The Balaban J connectivity index is 0.00000144. The van der Waals surface area contributed by atoms with Gasteiger partial charge in [0.05, 0.1) is 5.69 Å². The maximum Gasteiger partial charge on any atom is 0.123 e. The fourth-order valence-electron chi connectivity index (χ4n) is 1.49. The highest BCUT2D eigenvalue weighted by Gasteiger charge is 2.02. The van der Waals surface area contributed by atoms with Crippen LogP contribution < -0.4 is 5.73 Å². The van der Waals surface area contributed by atoms with Crippen LogP contribution in [0.15, 0.2) is 42.6 Å². The van der Waals surface area contributed by atoms with Gasteiger partial charge in [0.15, 0.2) is 0 Å². The first-order valence-electron chi connectivity index (χ1n) is 5.14. The summed E-state index contributed by atoms with van der Waals surface area (Å²) in [6, 6.07) is 10.1. The Labute approximate surface area is 106 Å². The van der Waals surface area contributed by atoms with Crippen LogP contribution in [0.4, 0.5) is 4.39 Å². The number of hydrogen-bond acceptors (Lipinski definition) is 2. The molecule has 0 saturated carbocycles. The number of rotatable bonds is 2. The average Bonchev–Trinajstić information content (AvgIpc) is 2.30. The molecule has 1 heterocycles. The molecule has 0 fully saturated rings. The molecule has 0 aliphatic rings. The third-order valence-corrected chi connectivity index (χ3v) is 2.43. The summed E-state index contributed by atoms with van der Waals surface area (Å²) >= 11 is 0. The highest BCUT2D eigenvalue weighted by atomic mass is 35.5. The van der Waals surface area contributed by atoms with E-state index in [1.807, 2.05) is 19.1 Å². The van der Waals surface area contributed by atoms with E-state index in [2.05, 4.69) is 4.98 Å². The van der Waals surface area contributed by atoms with Crippen molar-refractivity contribution in [3.63, 3.8) is 0 Å². The third kappa shape index (κ3) is 3.25. The predicted molar refractivity (Wildman–Crippen MR) is 69.5 cm³/mol. The zero-order chi connectivity index (χ0) is 11.5. The van der Waals surface area contributed by atoms with Gasteiger partial charge in [-0.15, -0.1) is 12.4 Å². The van der Waals surface area contributed by atoms with Gasteiger partial charge < -0.3 is 5.73 Å². The molecule has 17 heavy (non-hydrogen) atoms. The molecule has 0 bridgehead atoms. The van der Waals surface area contributed by atoms with Gasteiger partial charge >= 0.3 is 0 Å². The second-order valence-electron chi connectivity index (χ2n) is 3.77. The van der Waals surface area contributed by atoms with Crippen molar-refractivity contribution in [2.45, 2.75) is 13.0 Å². The Kier molecular flexibility index (Phi) is 4.61. The van der Waals surface area contributed by atoms with E-state index < -0.39 is 0 Å². The normalized spacial score (nSPS) is 11.7. The summed E-state index contributed by atoms with van der Waals surface area (Å²) in [6.07, 6.45) is 1.76. The van der Waals surface area contributed by atoms with Gasteiger partial charge in [-0.05, 0) is 30.7 Å². The Morgan fingerprint density at radius 3 is 2.12 bits per heavy atom. The van der Waals surface area contributed by atoms with Crippen LogP contribution in [0.5, 0.6) is 0 Å². The molecule has 1 atom stereocenters. The van der Waals surface area contributed by atoms with E-state index in [9.17, 15) is 4.39 Å². The molecule has 0 aliphatic heterocycles. The minimum atomic E-state index is -0.232. The lowest BCUT2D eigenvalue weighted by molar-refractivity contribution is 0.628. The van der Waals surface area contributed by atoms with Crippen LogP contribution in [0.2, 0.25) is 0 Å². The summed E-state index contributed by atoms with van der Waals surface area (Å²) in [5.41, 5.74) is 8.47. The molecule has 2 aromatic rings. The van der Waals surface area contributed by atoms with E-state index >= 15 is 0 Å². The average molecular weight is 253 g/mol. The summed E-state index contributed by atoms with van der Waals surface area (Å²) in [4.78, 5) is 4.26. The number of hydrogen-bond donors (Lipinski definition) is 1. The Morgan fingerprint density at radius 1 is 1.06 bits per heavy atom. The first-order chi connectivity index (χ1) is 7.66. The van der Waals surface area contributed by atoms with Crippen LogP contribution in [-0.2, 0) is 0 Å². The molecule has 1 aromatic heterocycles. The second kappa shape index (κ2) is 5.75. The van der Waals surface area contributed by atoms with Gasteiger partial charge in [0.2, 0.25) is 0 Å². The van der Waals surface area contributed by atoms with Crippen molar-refractivity contribution < 1.29 is 4.39 Å². The van der Waals surface area contributed by atoms with Crippen molar-refractivity contribution in [3.05, 3.63) is 54.1 Å². The molecular formula is C13H14ClFN2. The zero-order valence-corrected chi connectivity index (χ0v) is 10.2. The van der Waals surface area contributed by atoms with Crippen LogP contribution in [0.25, 0.3) is 11.1 Å². The number of halogens is 2. The highest BCUT2D eigenvalue weighted by Crippen LogP contribution is 2.19. The first kappa shape index (κ1) is 13.6. The van der Waals surface area contributed by atoms with Crippen molar-refractivity contribution in [1.82, 2.24) is 4.98 Å². The minimum Gasteiger partial charge on any atom is -0.323 e. The van der Waals surface area contributed by atoms with Crippen molar-refractivity contribution in [2.24, 2.45) is 5.73 Å². The van der Waals surface area contributed by atoms with Gasteiger partial charge in [-0.25, -0.2) is 4.39 Å². The van der Waals surface area contributed by atoms with E-state index in [0.29, 0.717) is 0 Å². The Hall–Kier alpha value is -1.45. The van der Waals surface area contributed by atoms with Gasteiger partial charge in [-0.1, -0.05) is 18.2 Å². The molecule has 0 amide bonds. The van der Waals surface area contributed by atoms with Crippen LogP contribution in [0.1, 0.15) is 18.7 Å². The van der Waals surface area contributed by atoms with Crippen LogP contribution >= 0.6 is 12.4 Å². The maximum absolute atomic E-state index is 12.7. The molecule has 0 radical (unpaired) electrons. The van der Waals surface area contributed by atoms with Gasteiger partial charge in [0.25, 0.3) is 0 Å². The molecule has 2 nitrogen and oxygen atoms in total. The summed E-state index contributed by atoms with van der Waals surface area (Å²) < 4.78 is 12.7. The molecule has 2 rings (SSSR count). The first-order valence-corrected chi connectivity index (χ1v) is 5.14. The van der Waals surface area contributed by atoms with Crippen LogP contribution in [0, 0.1) is 5.82 Å². The minimum absolute atomic E-state index is 0. The molecule has 4 heteroatoms. The topological polar surface area (TPSA) is 38.9 Å². The lowest BCUT2D eigenvalue weighted by Gasteiger charge is -2.06. The summed E-state index contributed by atoms with van der Waals surface area (Å²) in [6.45, 7) is 1.89. The van der Waals surface area contributed by atoms with Gasteiger partial charge in [0.1, 0.15) is 5.82 Å². The largest absolute Gasteiger partial charge is 0.323 e. The fourth-order valence-corrected chi connectivity index (χ4v) is 1.49. The van der Waals surface area contributed by atoms with Crippen molar-refractivity contribution in [1.29, 1.82) is 0 Å². The monoisotopic (exact) mass is 252 g/mol. The molecule has 0 spiro atoms. The summed E-state index contributed by atoms with van der Waals surface area (Å²) in [5.74, 6) is -0.232. The Bertz CT molecular complexity index is 466. The van der Waals surface area contributed by atoms with Crippen molar-refractivity contribution >= 4 is 12.4 Å². The lowest BCUT2D eigenvalue weighted by Crippen LogP contribution is -2.06. The Morgan fingerprint density at radius 2 is 1.65 bits per heavy atom. The number of benzene rings is 1. The van der Waals surface area contributed by atoms with E-state index in [-0.39, 0.29) is 24.3 Å².